The number of hydrogen-bond acceptors (Lipinski definition) is 6. The highest BCUT2D eigenvalue weighted by molar-refractivity contribution is 7.87. The van der Waals surface area contributed by atoms with Crippen molar-refractivity contribution in [1.82, 2.24) is 23.8 Å². The van der Waals surface area contributed by atoms with Crippen LogP contribution >= 0.6 is 0 Å². The molecule has 27 heavy (non-hydrogen) atoms. The Kier molecular flexibility index (Phi) is 6.19. The maximum atomic E-state index is 13.0. The van der Waals surface area contributed by atoms with E-state index in [9.17, 15) is 13.2 Å². The SMILES string of the molecule is CCOC(=O)[C@H]1CCCN1S(=O)(=O)N[C@@H](Cn1cncn1)c1ccccc1. The summed E-state index contributed by atoms with van der Waals surface area (Å²) in [4.78, 5) is 16.0. The van der Waals surface area contributed by atoms with Gasteiger partial charge >= 0.3 is 5.97 Å². The first-order chi connectivity index (χ1) is 13.0. The summed E-state index contributed by atoms with van der Waals surface area (Å²) in [7, 11) is -3.90. The van der Waals surface area contributed by atoms with Gasteiger partial charge in [-0.15, -0.1) is 0 Å². The molecular weight excluding hydrogens is 370 g/mol. The maximum Gasteiger partial charge on any atom is 0.324 e. The number of nitrogens with one attached hydrogen (secondary N) is 1. The van der Waals surface area contributed by atoms with Crippen LogP contribution < -0.4 is 4.72 Å². The molecule has 1 aromatic carbocycles. The van der Waals surface area contributed by atoms with Crippen molar-refractivity contribution in [3.05, 3.63) is 48.5 Å². The first-order valence-corrected chi connectivity index (χ1v) is 10.3. The summed E-state index contributed by atoms with van der Waals surface area (Å²) in [5, 5.41) is 4.06. The molecule has 2 atom stereocenters. The van der Waals surface area contributed by atoms with Crippen molar-refractivity contribution in [3.8, 4) is 0 Å². The van der Waals surface area contributed by atoms with Crippen LogP contribution in [0.25, 0.3) is 0 Å². The molecular formula is C17H23N5O4S. The topological polar surface area (TPSA) is 106 Å². The Morgan fingerprint density at radius 3 is 2.81 bits per heavy atom. The third kappa shape index (κ3) is 4.71. The fourth-order valence-electron chi connectivity index (χ4n) is 3.16. The van der Waals surface area contributed by atoms with Crippen LogP contribution in [0.1, 0.15) is 31.4 Å². The van der Waals surface area contributed by atoms with E-state index in [0.29, 0.717) is 12.8 Å². The van der Waals surface area contributed by atoms with Crippen molar-refractivity contribution in [3.63, 3.8) is 0 Å². The normalized spacial score (nSPS) is 19.1. The number of rotatable bonds is 8. The van der Waals surface area contributed by atoms with Crippen LogP contribution in [0.4, 0.5) is 0 Å². The van der Waals surface area contributed by atoms with E-state index in [4.69, 9.17) is 4.74 Å². The van der Waals surface area contributed by atoms with Gasteiger partial charge in [0.1, 0.15) is 18.7 Å². The van der Waals surface area contributed by atoms with Crippen LogP contribution in [0.5, 0.6) is 0 Å². The van der Waals surface area contributed by atoms with Crippen molar-refractivity contribution >= 4 is 16.2 Å². The van der Waals surface area contributed by atoms with E-state index < -0.39 is 28.3 Å². The number of ether oxygens (including phenoxy) is 1. The molecule has 9 nitrogen and oxygen atoms in total. The first-order valence-electron chi connectivity index (χ1n) is 8.84. The molecule has 2 heterocycles. The highest BCUT2D eigenvalue weighted by atomic mass is 32.2. The van der Waals surface area contributed by atoms with Crippen molar-refractivity contribution in [2.75, 3.05) is 13.2 Å². The van der Waals surface area contributed by atoms with Crippen molar-refractivity contribution in [1.29, 1.82) is 0 Å². The van der Waals surface area contributed by atoms with E-state index in [1.165, 1.54) is 17.0 Å². The molecule has 3 rings (SSSR count). The number of hydrogen-bond donors (Lipinski definition) is 1. The Morgan fingerprint density at radius 1 is 1.37 bits per heavy atom. The molecule has 1 fully saturated rings. The Hall–Kier alpha value is -2.30. The van der Waals surface area contributed by atoms with E-state index in [1.54, 1.807) is 11.6 Å². The lowest BCUT2D eigenvalue weighted by Gasteiger charge is -2.26. The molecule has 0 bridgehead atoms. The maximum absolute atomic E-state index is 13.0. The number of aromatic nitrogens is 3. The molecule has 0 radical (unpaired) electrons. The molecule has 0 amide bonds. The molecule has 146 valence electrons. The van der Waals surface area contributed by atoms with Crippen LogP contribution in [-0.2, 0) is 26.3 Å². The smallest absolute Gasteiger partial charge is 0.324 e. The van der Waals surface area contributed by atoms with E-state index in [0.717, 1.165) is 5.56 Å². The van der Waals surface area contributed by atoms with Gasteiger partial charge in [-0.05, 0) is 25.3 Å². The van der Waals surface area contributed by atoms with Crippen LogP contribution in [0.3, 0.4) is 0 Å². The fourth-order valence-corrected chi connectivity index (χ4v) is 4.76. The molecule has 0 spiro atoms. The Labute approximate surface area is 158 Å². The average molecular weight is 393 g/mol. The van der Waals surface area contributed by atoms with Gasteiger partial charge in [-0.3, -0.25) is 9.48 Å². The molecule has 2 aromatic rings. The second-order valence-corrected chi connectivity index (χ2v) is 7.88. The first kappa shape index (κ1) is 19.5. The summed E-state index contributed by atoms with van der Waals surface area (Å²) in [6.45, 7) is 2.48. The zero-order valence-electron chi connectivity index (χ0n) is 15.1. The van der Waals surface area contributed by atoms with E-state index in [-0.39, 0.29) is 19.7 Å². The van der Waals surface area contributed by atoms with Crippen LogP contribution in [0, 0.1) is 0 Å². The minimum atomic E-state index is -3.90. The second kappa shape index (κ2) is 8.59. The van der Waals surface area contributed by atoms with Crippen LogP contribution in [-0.4, -0.2) is 52.7 Å². The predicted molar refractivity (Wildman–Crippen MR) is 97.6 cm³/mol. The Bertz CT molecular complexity index is 841. The van der Waals surface area contributed by atoms with Crippen LogP contribution in [0.2, 0.25) is 0 Å². The number of carbonyl (C=O) groups is 1. The lowest BCUT2D eigenvalue weighted by molar-refractivity contribution is -0.146. The van der Waals surface area contributed by atoms with Gasteiger partial charge in [0.05, 0.1) is 19.2 Å². The fraction of sp³-hybridized carbons (Fsp3) is 0.471. The third-order valence-corrected chi connectivity index (χ3v) is 6.04. The summed E-state index contributed by atoms with van der Waals surface area (Å²) >= 11 is 0. The largest absolute Gasteiger partial charge is 0.465 e. The van der Waals surface area contributed by atoms with Crippen molar-refractivity contribution < 1.29 is 17.9 Å². The molecule has 1 aliphatic rings. The number of benzene rings is 1. The molecule has 0 aliphatic carbocycles. The highest BCUT2D eigenvalue weighted by Gasteiger charge is 2.40. The third-order valence-electron chi connectivity index (χ3n) is 4.40. The van der Waals surface area contributed by atoms with Gasteiger partial charge in [0.15, 0.2) is 0 Å². The van der Waals surface area contributed by atoms with E-state index >= 15 is 0 Å². The van der Waals surface area contributed by atoms with Gasteiger partial charge in [0.2, 0.25) is 0 Å². The zero-order valence-corrected chi connectivity index (χ0v) is 15.9. The van der Waals surface area contributed by atoms with E-state index in [2.05, 4.69) is 14.8 Å². The standard InChI is InChI=1S/C17H23N5O4S/c1-2-26-17(23)16-9-6-10-22(16)27(24,25)20-15(11-21-13-18-12-19-21)14-7-4-3-5-8-14/h3-5,7-8,12-13,15-16,20H,2,6,9-11H2,1H3/t15-,16+/m0/s1. The lowest BCUT2D eigenvalue weighted by atomic mass is 10.1. The highest BCUT2D eigenvalue weighted by Crippen LogP contribution is 2.24. The van der Waals surface area contributed by atoms with Gasteiger partial charge < -0.3 is 4.74 Å². The molecule has 10 heteroatoms. The number of nitrogens with zero attached hydrogens (tertiary/aromatic N) is 4. The second-order valence-electron chi connectivity index (χ2n) is 6.22. The molecule has 0 saturated carbocycles. The number of carbonyl (C=O) groups excluding carboxylic acids is 1. The summed E-state index contributed by atoms with van der Waals surface area (Å²) < 4.78 is 36.6. The van der Waals surface area contributed by atoms with Crippen LogP contribution in [0.15, 0.2) is 43.0 Å². The average Bonchev–Trinajstić information content (AvgIpc) is 3.34. The summed E-state index contributed by atoms with van der Waals surface area (Å²) in [6.07, 6.45) is 4.00. The molecule has 1 saturated heterocycles. The minimum Gasteiger partial charge on any atom is -0.465 e. The summed E-state index contributed by atoms with van der Waals surface area (Å²) in [5.74, 6) is -0.507. The molecule has 1 aromatic heterocycles. The van der Waals surface area contributed by atoms with Gasteiger partial charge in [0, 0.05) is 6.54 Å². The van der Waals surface area contributed by atoms with Crippen molar-refractivity contribution in [2.45, 2.75) is 38.4 Å². The monoisotopic (exact) mass is 393 g/mol. The lowest BCUT2D eigenvalue weighted by Crippen LogP contribution is -2.48. The Morgan fingerprint density at radius 2 is 2.15 bits per heavy atom. The zero-order chi connectivity index (χ0) is 19.3. The molecule has 1 N–H and O–H groups in total. The molecule has 1 aliphatic heterocycles. The van der Waals surface area contributed by atoms with Gasteiger partial charge in [-0.25, -0.2) is 4.98 Å². The minimum absolute atomic E-state index is 0.218. The van der Waals surface area contributed by atoms with Gasteiger partial charge in [-0.1, -0.05) is 30.3 Å². The van der Waals surface area contributed by atoms with E-state index in [1.807, 2.05) is 30.3 Å². The predicted octanol–water partition coefficient (Wildman–Crippen LogP) is 0.881. The van der Waals surface area contributed by atoms with Crippen molar-refractivity contribution in [2.24, 2.45) is 0 Å². The quantitative estimate of drug-likeness (QED) is 0.668. The molecule has 0 unspecified atom stereocenters. The van der Waals surface area contributed by atoms with Gasteiger partial charge in [-0.2, -0.15) is 22.5 Å². The summed E-state index contributed by atoms with van der Waals surface area (Å²) in [5.41, 5.74) is 0.795. The summed E-state index contributed by atoms with van der Waals surface area (Å²) in [6, 6.07) is 7.90. The van der Waals surface area contributed by atoms with Gasteiger partial charge in [0.25, 0.3) is 10.2 Å². The number of esters is 1. The Balaban J connectivity index is 1.82.